The molecule has 134 valence electrons. The third kappa shape index (κ3) is 6.58. The Kier molecular flexibility index (Phi) is 8.07. The molecular weight excluding hydrogens is 427 g/mol. The van der Waals surface area contributed by atoms with Crippen molar-refractivity contribution < 1.29 is 0 Å². The van der Waals surface area contributed by atoms with Crippen LogP contribution in [0.5, 0.6) is 0 Å². The average molecular weight is 452 g/mol. The summed E-state index contributed by atoms with van der Waals surface area (Å²) in [4.78, 5) is 6.83. The predicted octanol–water partition coefficient (Wildman–Crippen LogP) is 2.16. The first kappa shape index (κ1) is 19.6. The maximum Gasteiger partial charge on any atom is 0.189 e. The van der Waals surface area contributed by atoms with Gasteiger partial charge in [0, 0.05) is 31.9 Å². The minimum absolute atomic E-state index is 0. The number of nitrogens with one attached hydrogen (secondary N) is 1. The largest absolute Gasteiger partial charge is 0.370 e. The van der Waals surface area contributed by atoms with Crippen LogP contribution in [0.1, 0.15) is 24.1 Å². The molecule has 0 aliphatic carbocycles. The molecule has 0 amide bonds. The van der Waals surface area contributed by atoms with E-state index in [4.69, 9.17) is 5.73 Å². The summed E-state index contributed by atoms with van der Waals surface area (Å²) in [5.41, 5.74) is 8.18. The van der Waals surface area contributed by atoms with Crippen LogP contribution in [0.2, 0.25) is 0 Å². The van der Waals surface area contributed by atoms with E-state index in [2.05, 4.69) is 55.7 Å². The number of nitrogens with two attached hydrogens (primary N) is 1. The summed E-state index contributed by atoms with van der Waals surface area (Å²) in [7, 11) is 0. The number of hydrogen-bond donors (Lipinski definition) is 2. The van der Waals surface area contributed by atoms with E-state index in [9.17, 15) is 0 Å². The maximum absolute atomic E-state index is 5.99. The highest BCUT2D eigenvalue weighted by Gasteiger charge is 2.19. The number of benzene rings is 1. The number of aliphatic imine (C=N–C) groups is 1. The Morgan fingerprint density at radius 3 is 2.60 bits per heavy atom. The molecule has 3 N–H and O–H groups in total. The third-order valence-corrected chi connectivity index (χ3v) is 4.23. The van der Waals surface area contributed by atoms with Crippen LogP contribution in [0.4, 0.5) is 0 Å². The summed E-state index contributed by atoms with van der Waals surface area (Å²) in [6.45, 7) is 3.62. The number of halogens is 1. The summed E-state index contributed by atoms with van der Waals surface area (Å²) in [5.74, 6) is 0.488. The van der Waals surface area contributed by atoms with Crippen LogP contribution in [-0.4, -0.2) is 40.2 Å². The molecule has 0 radical (unpaired) electrons. The van der Waals surface area contributed by atoms with Gasteiger partial charge >= 0.3 is 0 Å². The zero-order valence-corrected chi connectivity index (χ0v) is 16.5. The van der Waals surface area contributed by atoms with Crippen molar-refractivity contribution in [1.82, 2.24) is 20.4 Å². The van der Waals surface area contributed by atoms with E-state index in [0.717, 1.165) is 38.2 Å². The number of guanidine groups is 1. The van der Waals surface area contributed by atoms with E-state index in [-0.39, 0.29) is 24.0 Å². The number of likely N-dealkylation sites (tertiary alicyclic amines) is 1. The van der Waals surface area contributed by atoms with E-state index >= 15 is 0 Å². The molecule has 1 aromatic heterocycles. The highest BCUT2D eigenvalue weighted by molar-refractivity contribution is 14.0. The molecule has 3 rings (SSSR count). The monoisotopic (exact) mass is 452 g/mol. The Bertz CT molecular complexity index is 641. The predicted molar refractivity (Wildman–Crippen MR) is 111 cm³/mol. The zero-order chi connectivity index (χ0) is 16.6. The fraction of sp³-hybridized carbons (Fsp3) is 0.389. The number of nitrogens with zero attached hydrogens (tertiary/aromatic N) is 4. The topological polar surface area (TPSA) is 79.4 Å². The molecule has 1 aliphatic rings. The van der Waals surface area contributed by atoms with Crippen molar-refractivity contribution in [2.45, 2.75) is 32.0 Å². The fourth-order valence-corrected chi connectivity index (χ4v) is 2.92. The molecular formula is C18H25IN6. The van der Waals surface area contributed by atoms with Crippen LogP contribution >= 0.6 is 24.0 Å². The Hall–Kier alpha value is -1.74. The van der Waals surface area contributed by atoms with E-state index in [0.29, 0.717) is 18.5 Å². The van der Waals surface area contributed by atoms with Gasteiger partial charge in [0.2, 0.25) is 0 Å². The average Bonchev–Trinajstić information content (AvgIpc) is 2.63. The van der Waals surface area contributed by atoms with Gasteiger partial charge in [0.05, 0.1) is 12.2 Å². The number of rotatable bonds is 5. The molecule has 0 bridgehead atoms. The number of aromatic nitrogens is 2. The molecule has 1 fully saturated rings. The van der Waals surface area contributed by atoms with Crippen molar-refractivity contribution in [1.29, 1.82) is 0 Å². The Balaban J connectivity index is 0.00000225. The second-order valence-electron chi connectivity index (χ2n) is 6.10. The van der Waals surface area contributed by atoms with Gasteiger partial charge in [-0.2, -0.15) is 10.2 Å². The second kappa shape index (κ2) is 10.3. The minimum atomic E-state index is 0. The summed E-state index contributed by atoms with van der Waals surface area (Å²) < 4.78 is 0. The zero-order valence-electron chi connectivity index (χ0n) is 14.2. The summed E-state index contributed by atoms with van der Waals surface area (Å²) in [5, 5.41) is 11.2. The van der Waals surface area contributed by atoms with Crippen LogP contribution in [0, 0.1) is 0 Å². The van der Waals surface area contributed by atoms with Gasteiger partial charge in [-0.3, -0.25) is 4.90 Å². The lowest BCUT2D eigenvalue weighted by Gasteiger charge is -2.32. The highest BCUT2D eigenvalue weighted by Crippen LogP contribution is 2.13. The van der Waals surface area contributed by atoms with Gasteiger partial charge in [0.1, 0.15) is 0 Å². The van der Waals surface area contributed by atoms with E-state index in [1.165, 1.54) is 5.56 Å². The second-order valence-corrected chi connectivity index (χ2v) is 6.10. The molecule has 1 saturated heterocycles. The van der Waals surface area contributed by atoms with Crippen LogP contribution in [-0.2, 0) is 13.1 Å². The highest BCUT2D eigenvalue weighted by atomic mass is 127. The smallest absolute Gasteiger partial charge is 0.189 e. The van der Waals surface area contributed by atoms with E-state index in [1.54, 1.807) is 6.20 Å². The third-order valence-electron chi connectivity index (χ3n) is 4.23. The normalized spacial score (nSPS) is 16.2. The summed E-state index contributed by atoms with van der Waals surface area (Å²) in [6.07, 6.45) is 3.81. The van der Waals surface area contributed by atoms with Gasteiger partial charge in [0.15, 0.2) is 5.96 Å². The molecule has 0 spiro atoms. The molecule has 2 heterocycles. The molecule has 6 nitrogen and oxygen atoms in total. The lowest BCUT2D eigenvalue weighted by molar-refractivity contribution is 0.199. The Labute approximate surface area is 165 Å². The molecule has 25 heavy (non-hydrogen) atoms. The van der Waals surface area contributed by atoms with Gasteiger partial charge in [0.25, 0.3) is 0 Å². The van der Waals surface area contributed by atoms with Crippen LogP contribution in [0.25, 0.3) is 0 Å². The van der Waals surface area contributed by atoms with Crippen molar-refractivity contribution >= 4 is 29.9 Å². The quantitative estimate of drug-likeness (QED) is 0.413. The van der Waals surface area contributed by atoms with Gasteiger partial charge in [-0.1, -0.05) is 30.3 Å². The summed E-state index contributed by atoms with van der Waals surface area (Å²) >= 11 is 0. The molecule has 1 aliphatic heterocycles. The molecule has 7 heteroatoms. The lowest BCUT2D eigenvalue weighted by atomic mass is 10.0. The first-order chi connectivity index (χ1) is 11.8. The number of hydrogen-bond acceptors (Lipinski definition) is 4. The fourth-order valence-electron chi connectivity index (χ4n) is 2.92. The van der Waals surface area contributed by atoms with Crippen LogP contribution < -0.4 is 11.1 Å². The first-order valence-electron chi connectivity index (χ1n) is 8.39. The lowest BCUT2D eigenvalue weighted by Crippen LogP contribution is -2.46. The van der Waals surface area contributed by atoms with Crippen molar-refractivity contribution in [3.05, 3.63) is 59.9 Å². The summed E-state index contributed by atoms with van der Waals surface area (Å²) in [6, 6.07) is 14.7. The van der Waals surface area contributed by atoms with Crippen molar-refractivity contribution in [2.75, 3.05) is 13.1 Å². The van der Waals surface area contributed by atoms with Crippen LogP contribution in [0.3, 0.4) is 0 Å². The van der Waals surface area contributed by atoms with Crippen molar-refractivity contribution in [3.63, 3.8) is 0 Å². The first-order valence-corrected chi connectivity index (χ1v) is 8.39. The van der Waals surface area contributed by atoms with Gasteiger partial charge in [-0.15, -0.1) is 24.0 Å². The van der Waals surface area contributed by atoms with Crippen molar-refractivity contribution in [3.8, 4) is 0 Å². The molecule has 2 aromatic rings. The minimum Gasteiger partial charge on any atom is -0.370 e. The standard InChI is InChI=1S/C18H24N6.HI/c19-18(20-13-17-7-4-10-21-23-17)22-16-8-11-24(12-9-16)14-15-5-2-1-3-6-15;/h1-7,10,16H,8-9,11-14H2,(H3,19,20,22);1H. The molecule has 1 aromatic carbocycles. The Morgan fingerprint density at radius 2 is 1.92 bits per heavy atom. The van der Waals surface area contributed by atoms with Crippen molar-refractivity contribution in [2.24, 2.45) is 10.7 Å². The van der Waals surface area contributed by atoms with E-state index in [1.807, 2.05) is 12.1 Å². The molecule has 0 atom stereocenters. The maximum atomic E-state index is 5.99. The van der Waals surface area contributed by atoms with Gasteiger partial charge in [-0.25, -0.2) is 4.99 Å². The van der Waals surface area contributed by atoms with Crippen LogP contribution in [0.15, 0.2) is 53.7 Å². The molecule has 0 saturated carbocycles. The Morgan fingerprint density at radius 1 is 1.16 bits per heavy atom. The van der Waals surface area contributed by atoms with Gasteiger partial charge in [-0.05, 0) is 30.5 Å². The SMILES string of the molecule is I.NC(=NCc1cccnn1)NC1CCN(Cc2ccccc2)CC1. The van der Waals surface area contributed by atoms with E-state index < -0.39 is 0 Å². The number of piperidine rings is 1. The molecule has 0 unspecified atom stereocenters. The van der Waals surface area contributed by atoms with Gasteiger partial charge < -0.3 is 11.1 Å².